The highest BCUT2D eigenvalue weighted by molar-refractivity contribution is 7.90. The molecule has 0 bridgehead atoms. The van der Waals surface area contributed by atoms with Crippen molar-refractivity contribution in [1.29, 1.82) is 0 Å². The van der Waals surface area contributed by atoms with Crippen molar-refractivity contribution in [1.82, 2.24) is 14.9 Å². The van der Waals surface area contributed by atoms with Crippen molar-refractivity contribution in [3.63, 3.8) is 0 Å². The van der Waals surface area contributed by atoms with Crippen molar-refractivity contribution >= 4 is 9.84 Å². The molecule has 24 heavy (non-hydrogen) atoms. The first-order chi connectivity index (χ1) is 11.2. The number of hydrogen-bond donors (Lipinski definition) is 3. The van der Waals surface area contributed by atoms with E-state index in [2.05, 4.69) is 9.97 Å². The van der Waals surface area contributed by atoms with Crippen LogP contribution < -0.4 is 0 Å². The summed E-state index contributed by atoms with van der Waals surface area (Å²) in [5.41, 5.74) is 1.83. The van der Waals surface area contributed by atoms with E-state index in [4.69, 9.17) is 0 Å². The summed E-state index contributed by atoms with van der Waals surface area (Å²) in [4.78, 5) is 9.98. The molecule has 2 heterocycles. The number of aromatic hydroxyl groups is 3. The molecular formula is C15H17N3O5S. The molecule has 1 aliphatic rings. The van der Waals surface area contributed by atoms with Crippen LogP contribution in [0.15, 0.2) is 23.5 Å². The standard InChI is InChI=1S/C15H17N3O5S/c1-24(22,23)15-16-6-9-7-18(3-2-12(9)17-15)8-11-13(20)4-10(19)5-14(11)21/h4-6,19-21H,2-3,7-8H2,1H3. The minimum Gasteiger partial charge on any atom is -0.508 e. The zero-order valence-corrected chi connectivity index (χ0v) is 13.8. The molecule has 8 nitrogen and oxygen atoms in total. The van der Waals surface area contributed by atoms with Gasteiger partial charge in [0.15, 0.2) is 0 Å². The van der Waals surface area contributed by atoms with Crippen molar-refractivity contribution in [3.05, 3.63) is 35.2 Å². The van der Waals surface area contributed by atoms with E-state index in [1.165, 1.54) is 18.3 Å². The molecule has 0 aliphatic carbocycles. The summed E-state index contributed by atoms with van der Waals surface area (Å²) in [6.07, 6.45) is 3.11. The van der Waals surface area contributed by atoms with E-state index in [1.807, 2.05) is 4.90 Å². The number of phenolic OH excluding ortho intramolecular Hbond substituents is 3. The minimum absolute atomic E-state index is 0.177. The summed E-state index contributed by atoms with van der Waals surface area (Å²) in [6.45, 7) is 1.34. The van der Waals surface area contributed by atoms with Gasteiger partial charge in [-0.15, -0.1) is 0 Å². The topological polar surface area (TPSA) is 124 Å². The Morgan fingerprint density at radius 2 is 1.88 bits per heavy atom. The van der Waals surface area contributed by atoms with E-state index in [0.29, 0.717) is 30.8 Å². The Labute approximate surface area is 139 Å². The van der Waals surface area contributed by atoms with E-state index in [-0.39, 0.29) is 28.9 Å². The lowest BCUT2D eigenvalue weighted by atomic mass is 10.1. The van der Waals surface area contributed by atoms with Gasteiger partial charge in [0, 0.05) is 61.8 Å². The van der Waals surface area contributed by atoms with Crippen LogP contribution in [0, 0.1) is 0 Å². The average molecular weight is 351 g/mol. The molecule has 0 saturated carbocycles. The van der Waals surface area contributed by atoms with Crippen LogP contribution in [0.2, 0.25) is 0 Å². The van der Waals surface area contributed by atoms with Crippen molar-refractivity contribution in [2.45, 2.75) is 24.7 Å². The predicted octanol–water partition coefficient (Wildman–Crippen LogP) is 0.555. The lowest BCUT2D eigenvalue weighted by Gasteiger charge is -2.28. The van der Waals surface area contributed by atoms with Gasteiger partial charge in [-0.3, -0.25) is 4.90 Å². The number of fused-ring (bicyclic) bond motifs is 1. The zero-order chi connectivity index (χ0) is 17.5. The van der Waals surface area contributed by atoms with Gasteiger partial charge in [0.25, 0.3) is 0 Å². The average Bonchev–Trinajstić information content (AvgIpc) is 2.49. The molecule has 2 aromatic rings. The summed E-state index contributed by atoms with van der Waals surface area (Å²) in [7, 11) is -3.44. The van der Waals surface area contributed by atoms with Crippen LogP contribution in [0.3, 0.4) is 0 Å². The maximum Gasteiger partial charge on any atom is 0.246 e. The highest BCUT2D eigenvalue weighted by Crippen LogP contribution is 2.33. The molecule has 0 fully saturated rings. The van der Waals surface area contributed by atoms with Crippen LogP contribution in [0.5, 0.6) is 17.2 Å². The summed E-state index contributed by atoms with van der Waals surface area (Å²) >= 11 is 0. The molecule has 0 atom stereocenters. The molecular weight excluding hydrogens is 334 g/mol. The van der Waals surface area contributed by atoms with Crippen molar-refractivity contribution < 1.29 is 23.7 Å². The lowest BCUT2D eigenvalue weighted by Crippen LogP contribution is -2.31. The molecule has 0 saturated heterocycles. The Morgan fingerprint density at radius 1 is 1.21 bits per heavy atom. The van der Waals surface area contributed by atoms with Crippen molar-refractivity contribution in [2.75, 3.05) is 12.8 Å². The normalized spacial score (nSPS) is 15.2. The van der Waals surface area contributed by atoms with Crippen LogP contribution in [-0.4, -0.2) is 51.4 Å². The summed E-state index contributed by atoms with van der Waals surface area (Å²) in [5, 5.41) is 28.9. The molecule has 128 valence electrons. The number of hydrogen-bond acceptors (Lipinski definition) is 8. The first-order valence-corrected chi connectivity index (χ1v) is 9.14. The molecule has 3 rings (SSSR count). The molecule has 3 N–H and O–H groups in total. The smallest absolute Gasteiger partial charge is 0.246 e. The third-order valence-electron chi connectivity index (χ3n) is 3.89. The molecule has 1 aliphatic heterocycles. The Bertz CT molecular complexity index is 875. The number of benzene rings is 1. The molecule has 0 radical (unpaired) electrons. The second kappa shape index (κ2) is 5.91. The van der Waals surface area contributed by atoms with Gasteiger partial charge in [-0.25, -0.2) is 18.4 Å². The van der Waals surface area contributed by atoms with Gasteiger partial charge in [0.2, 0.25) is 15.0 Å². The van der Waals surface area contributed by atoms with Crippen molar-refractivity contribution in [3.8, 4) is 17.2 Å². The highest BCUT2D eigenvalue weighted by atomic mass is 32.2. The Morgan fingerprint density at radius 3 is 2.50 bits per heavy atom. The first-order valence-electron chi connectivity index (χ1n) is 7.25. The minimum atomic E-state index is -3.44. The van der Waals surface area contributed by atoms with Gasteiger partial charge in [-0.05, 0) is 0 Å². The van der Waals surface area contributed by atoms with Crippen LogP contribution in [-0.2, 0) is 29.3 Å². The highest BCUT2D eigenvalue weighted by Gasteiger charge is 2.22. The summed E-state index contributed by atoms with van der Waals surface area (Å²) in [5.74, 6) is -0.566. The van der Waals surface area contributed by atoms with Crippen LogP contribution in [0.4, 0.5) is 0 Å². The third kappa shape index (κ3) is 3.26. The second-order valence-electron chi connectivity index (χ2n) is 5.82. The second-order valence-corrected chi connectivity index (χ2v) is 7.73. The SMILES string of the molecule is CS(=O)(=O)c1ncc2c(n1)CCN(Cc1c(O)cc(O)cc1O)C2. The van der Waals surface area contributed by atoms with Crippen molar-refractivity contribution in [2.24, 2.45) is 0 Å². The van der Waals surface area contributed by atoms with Gasteiger partial charge in [-0.1, -0.05) is 0 Å². The number of rotatable bonds is 3. The number of sulfone groups is 1. The van der Waals surface area contributed by atoms with E-state index in [0.717, 1.165) is 11.8 Å². The van der Waals surface area contributed by atoms with E-state index in [9.17, 15) is 23.7 Å². The predicted molar refractivity (Wildman–Crippen MR) is 84.4 cm³/mol. The fraction of sp³-hybridized carbons (Fsp3) is 0.333. The maximum atomic E-state index is 11.5. The van der Waals surface area contributed by atoms with E-state index < -0.39 is 9.84 Å². The van der Waals surface area contributed by atoms with Gasteiger partial charge >= 0.3 is 0 Å². The number of nitrogens with zero attached hydrogens (tertiary/aromatic N) is 3. The molecule has 0 amide bonds. The molecule has 0 unspecified atom stereocenters. The van der Waals surface area contributed by atoms with Gasteiger partial charge in [0.05, 0.1) is 5.69 Å². The van der Waals surface area contributed by atoms with E-state index in [1.54, 1.807) is 0 Å². The molecule has 0 spiro atoms. The molecule has 1 aromatic carbocycles. The van der Waals surface area contributed by atoms with Crippen LogP contribution in [0.25, 0.3) is 0 Å². The Balaban J connectivity index is 1.81. The molecule has 9 heteroatoms. The van der Waals surface area contributed by atoms with Crippen LogP contribution in [0.1, 0.15) is 16.8 Å². The first kappa shape index (κ1) is 16.5. The largest absolute Gasteiger partial charge is 0.508 e. The molecule has 1 aromatic heterocycles. The third-order valence-corrected chi connectivity index (χ3v) is 4.75. The Kier molecular flexibility index (Phi) is 4.06. The number of phenols is 3. The number of aromatic nitrogens is 2. The fourth-order valence-electron chi connectivity index (χ4n) is 2.68. The van der Waals surface area contributed by atoms with Crippen LogP contribution >= 0.6 is 0 Å². The fourth-order valence-corrected chi connectivity index (χ4v) is 3.20. The quantitative estimate of drug-likeness (QED) is 0.685. The lowest BCUT2D eigenvalue weighted by molar-refractivity contribution is 0.235. The van der Waals surface area contributed by atoms with Gasteiger partial charge in [0.1, 0.15) is 17.2 Å². The van der Waals surface area contributed by atoms with Gasteiger partial charge < -0.3 is 15.3 Å². The summed E-state index contributed by atoms with van der Waals surface area (Å²) < 4.78 is 23.0. The van der Waals surface area contributed by atoms with Gasteiger partial charge in [-0.2, -0.15) is 0 Å². The monoisotopic (exact) mass is 351 g/mol. The Hall–Kier alpha value is -2.39. The maximum absolute atomic E-state index is 11.5. The summed E-state index contributed by atoms with van der Waals surface area (Å²) in [6, 6.07) is 2.35. The zero-order valence-electron chi connectivity index (χ0n) is 13.0. The van der Waals surface area contributed by atoms with E-state index >= 15 is 0 Å².